The minimum absolute atomic E-state index is 0.0958. The number of hydrogen-bond acceptors (Lipinski definition) is 3. The highest BCUT2D eigenvalue weighted by Gasteiger charge is 2.48. The number of amides is 1. The number of piperidine rings is 2. The van der Waals surface area contributed by atoms with E-state index in [0.29, 0.717) is 23.8 Å². The van der Waals surface area contributed by atoms with E-state index in [0.717, 1.165) is 32.5 Å². The second kappa shape index (κ2) is 4.00. The first-order chi connectivity index (χ1) is 7.79. The average molecular weight is 224 g/mol. The van der Waals surface area contributed by atoms with Crippen LogP contribution in [0.3, 0.4) is 0 Å². The van der Waals surface area contributed by atoms with Crippen LogP contribution < -0.4 is 5.32 Å². The highest BCUT2D eigenvalue weighted by atomic mass is 16.5. The number of carbonyl (C=O) groups is 1. The van der Waals surface area contributed by atoms with Crippen molar-refractivity contribution in [3.05, 3.63) is 0 Å². The Morgan fingerprint density at radius 2 is 2.12 bits per heavy atom. The van der Waals surface area contributed by atoms with Crippen molar-refractivity contribution in [2.75, 3.05) is 26.7 Å². The van der Waals surface area contributed by atoms with Crippen molar-refractivity contribution in [3.63, 3.8) is 0 Å². The van der Waals surface area contributed by atoms with E-state index in [4.69, 9.17) is 4.74 Å². The van der Waals surface area contributed by atoms with Gasteiger partial charge in [0.05, 0.1) is 12.1 Å². The van der Waals surface area contributed by atoms with Gasteiger partial charge in [-0.15, -0.1) is 0 Å². The molecule has 4 heteroatoms. The summed E-state index contributed by atoms with van der Waals surface area (Å²) in [4.78, 5) is 14.2. The molecule has 4 nitrogen and oxygen atoms in total. The van der Waals surface area contributed by atoms with Crippen molar-refractivity contribution >= 4 is 5.91 Å². The molecule has 0 aromatic heterocycles. The van der Waals surface area contributed by atoms with Crippen molar-refractivity contribution in [2.24, 2.45) is 11.8 Å². The Bertz CT molecular complexity index is 277. The Labute approximate surface area is 96.3 Å². The lowest BCUT2D eigenvalue weighted by Crippen LogP contribution is -2.62. The van der Waals surface area contributed by atoms with Gasteiger partial charge >= 0.3 is 0 Å². The molecule has 0 aromatic rings. The van der Waals surface area contributed by atoms with Crippen molar-refractivity contribution in [3.8, 4) is 0 Å². The molecule has 4 aliphatic rings. The SMILES string of the molecule is COC1C2CC1CN(C(=O)C1CCCN1)C2. The van der Waals surface area contributed by atoms with E-state index in [-0.39, 0.29) is 6.04 Å². The van der Waals surface area contributed by atoms with Gasteiger partial charge in [-0.2, -0.15) is 0 Å². The number of ether oxygens (including phenoxy) is 1. The first-order valence-electron chi connectivity index (χ1n) is 6.34. The zero-order chi connectivity index (χ0) is 11.1. The van der Waals surface area contributed by atoms with Gasteiger partial charge in [0, 0.05) is 32.0 Å². The predicted molar refractivity (Wildman–Crippen MR) is 60.0 cm³/mol. The standard InChI is InChI=1S/C12H20N2O2/c1-16-11-8-5-9(11)7-14(6-8)12(15)10-3-2-4-13-10/h8-11,13H,2-7H2,1H3. The van der Waals surface area contributed by atoms with E-state index in [2.05, 4.69) is 10.2 Å². The third-order valence-corrected chi connectivity index (χ3v) is 4.39. The van der Waals surface area contributed by atoms with E-state index in [1.54, 1.807) is 7.11 Å². The lowest BCUT2D eigenvalue weighted by molar-refractivity contribution is -0.157. The predicted octanol–water partition coefficient (Wildman–Crippen LogP) is 0.232. The summed E-state index contributed by atoms with van der Waals surface area (Å²) in [5, 5.41) is 3.29. The zero-order valence-corrected chi connectivity index (χ0v) is 9.82. The Hall–Kier alpha value is -0.610. The third kappa shape index (κ3) is 1.55. The Morgan fingerprint density at radius 3 is 2.69 bits per heavy atom. The molecule has 3 saturated heterocycles. The second-order valence-electron chi connectivity index (χ2n) is 5.35. The average Bonchev–Trinajstić information content (AvgIpc) is 2.82. The van der Waals surface area contributed by atoms with Crippen molar-refractivity contribution in [1.82, 2.24) is 10.2 Å². The minimum Gasteiger partial charge on any atom is -0.381 e. The number of rotatable bonds is 2. The zero-order valence-electron chi connectivity index (χ0n) is 9.82. The molecule has 0 spiro atoms. The fourth-order valence-electron chi connectivity index (χ4n) is 3.52. The Morgan fingerprint density at radius 1 is 1.38 bits per heavy atom. The normalized spacial score (nSPS) is 41.9. The van der Waals surface area contributed by atoms with Crippen LogP contribution in [0.2, 0.25) is 0 Å². The number of nitrogens with one attached hydrogen (secondary N) is 1. The van der Waals surface area contributed by atoms with Gasteiger partial charge in [0.2, 0.25) is 5.91 Å². The highest BCUT2D eigenvalue weighted by Crippen LogP contribution is 2.42. The van der Waals surface area contributed by atoms with Crippen molar-refractivity contribution in [1.29, 1.82) is 0 Å². The topological polar surface area (TPSA) is 41.6 Å². The van der Waals surface area contributed by atoms with Crippen LogP contribution in [0.4, 0.5) is 0 Å². The van der Waals surface area contributed by atoms with Gasteiger partial charge < -0.3 is 15.0 Å². The van der Waals surface area contributed by atoms with E-state index in [1.807, 2.05) is 0 Å². The molecule has 16 heavy (non-hydrogen) atoms. The maximum atomic E-state index is 12.2. The van der Waals surface area contributed by atoms with Crippen LogP contribution in [-0.2, 0) is 9.53 Å². The summed E-state index contributed by atoms with van der Waals surface area (Å²) in [7, 11) is 1.79. The van der Waals surface area contributed by atoms with Crippen LogP contribution in [0.15, 0.2) is 0 Å². The van der Waals surface area contributed by atoms with Crippen molar-refractivity contribution in [2.45, 2.75) is 31.4 Å². The molecular weight excluding hydrogens is 204 g/mol. The van der Waals surface area contributed by atoms with Crippen LogP contribution in [0.1, 0.15) is 19.3 Å². The number of nitrogens with zero attached hydrogens (tertiary/aromatic N) is 1. The fourth-order valence-corrected chi connectivity index (χ4v) is 3.52. The van der Waals surface area contributed by atoms with Crippen LogP contribution in [0, 0.1) is 11.8 Å². The van der Waals surface area contributed by atoms with Gasteiger partial charge in [-0.25, -0.2) is 0 Å². The summed E-state index contributed by atoms with van der Waals surface area (Å²) in [6.45, 7) is 2.82. The van der Waals surface area contributed by atoms with Crippen LogP contribution in [-0.4, -0.2) is 49.7 Å². The molecule has 1 aliphatic carbocycles. The van der Waals surface area contributed by atoms with Gasteiger partial charge in [-0.3, -0.25) is 4.79 Å². The molecule has 2 bridgehead atoms. The summed E-state index contributed by atoms with van der Waals surface area (Å²) in [6.07, 6.45) is 3.82. The maximum absolute atomic E-state index is 12.2. The smallest absolute Gasteiger partial charge is 0.239 e. The van der Waals surface area contributed by atoms with Gasteiger partial charge in [-0.05, 0) is 25.8 Å². The van der Waals surface area contributed by atoms with Gasteiger partial charge in [0.15, 0.2) is 0 Å². The molecule has 3 atom stereocenters. The third-order valence-electron chi connectivity index (χ3n) is 4.39. The van der Waals surface area contributed by atoms with Gasteiger partial charge in [0.25, 0.3) is 0 Å². The molecule has 3 heterocycles. The summed E-state index contributed by atoms with van der Waals surface area (Å²) in [5.41, 5.74) is 0. The van der Waals surface area contributed by atoms with Crippen LogP contribution in [0.5, 0.6) is 0 Å². The summed E-state index contributed by atoms with van der Waals surface area (Å²) in [5.74, 6) is 1.50. The van der Waals surface area contributed by atoms with Crippen LogP contribution in [0.25, 0.3) is 0 Å². The lowest BCUT2D eigenvalue weighted by atomic mass is 9.68. The highest BCUT2D eigenvalue weighted by molar-refractivity contribution is 5.82. The summed E-state index contributed by atoms with van der Waals surface area (Å²) < 4.78 is 5.45. The molecule has 1 saturated carbocycles. The molecule has 4 rings (SSSR count). The first kappa shape index (κ1) is 10.5. The van der Waals surface area contributed by atoms with Gasteiger partial charge in [0.1, 0.15) is 0 Å². The molecule has 4 fully saturated rings. The maximum Gasteiger partial charge on any atom is 0.239 e. The van der Waals surface area contributed by atoms with Crippen molar-refractivity contribution < 1.29 is 9.53 Å². The number of methoxy groups -OCH3 is 1. The Kier molecular flexibility index (Phi) is 2.64. The molecule has 1 amide bonds. The number of carbonyl (C=O) groups excluding carboxylic acids is 1. The monoisotopic (exact) mass is 224 g/mol. The quantitative estimate of drug-likeness (QED) is 0.730. The molecule has 0 radical (unpaired) electrons. The molecule has 0 aromatic carbocycles. The molecule has 3 unspecified atom stereocenters. The van der Waals surface area contributed by atoms with Crippen LogP contribution >= 0.6 is 0 Å². The molecule has 1 N–H and O–H groups in total. The molecular formula is C12H20N2O2. The first-order valence-corrected chi connectivity index (χ1v) is 6.34. The Balaban J connectivity index is 1.59. The lowest BCUT2D eigenvalue weighted by Gasteiger charge is -2.53. The van der Waals surface area contributed by atoms with Gasteiger partial charge in [-0.1, -0.05) is 0 Å². The number of hydrogen-bond donors (Lipinski definition) is 1. The van der Waals surface area contributed by atoms with E-state index in [1.165, 1.54) is 6.42 Å². The minimum atomic E-state index is 0.0958. The number of fused-ring (bicyclic) bond motifs is 2. The van der Waals surface area contributed by atoms with E-state index < -0.39 is 0 Å². The van der Waals surface area contributed by atoms with E-state index >= 15 is 0 Å². The van der Waals surface area contributed by atoms with E-state index in [9.17, 15) is 4.79 Å². The summed E-state index contributed by atoms with van der Waals surface area (Å²) in [6, 6.07) is 0.0958. The fraction of sp³-hybridized carbons (Fsp3) is 0.917. The second-order valence-corrected chi connectivity index (χ2v) is 5.35. The largest absolute Gasteiger partial charge is 0.381 e. The summed E-state index contributed by atoms with van der Waals surface area (Å²) >= 11 is 0. The molecule has 90 valence electrons. The molecule has 3 aliphatic heterocycles.